The maximum absolute atomic E-state index is 13.6. The summed E-state index contributed by atoms with van der Waals surface area (Å²) < 4.78 is 0. The molecule has 1 aliphatic heterocycles. The lowest BCUT2D eigenvalue weighted by Gasteiger charge is -2.28. The first-order valence-corrected chi connectivity index (χ1v) is 10.1. The normalized spacial score (nSPS) is 19.6. The van der Waals surface area contributed by atoms with Gasteiger partial charge in [-0.3, -0.25) is 15.0 Å². The summed E-state index contributed by atoms with van der Waals surface area (Å²) in [6, 6.07) is 15.1. The lowest BCUT2D eigenvalue weighted by molar-refractivity contribution is -0.128. The zero-order valence-corrected chi connectivity index (χ0v) is 16.4. The molecule has 0 saturated heterocycles. The van der Waals surface area contributed by atoms with Crippen molar-refractivity contribution in [2.45, 2.75) is 45.1 Å². The van der Waals surface area contributed by atoms with E-state index in [4.69, 9.17) is 5.73 Å². The number of carbonyl (C=O) groups excluding carboxylic acids is 2. The number of para-hydroxylation sites is 1. The molecule has 28 heavy (non-hydrogen) atoms. The molecule has 0 aromatic heterocycles. The van der Waals surface area contributed by atoms with Crippen molar-refractivity contribution >= 4 is 17.5 Å². The highest BCUT2D eigenvalue weighted by Crippen LogP contribution is 2.45. The van der Waals surface area contributed by atoms with Crippen LogP contribution >= 0.6 is 0 Å². The minimum Gasteiger partial charge on any atom is -0.320 e. The molecule has 1 unspecified atom stereocenters. The first-order valence-electron chi connectivity index (χ1n) is 10.1. The maximum atomic E-state index is 13.6. The van der Waals surface area contributed by atoms with Crippen LogP contribution < -0.4 is 16.2 Å². The monoisotopic (exact) mass is 377 g/mol. The fraction of sp³-hybridized carbons (Fsp3) is 0.391. The van der Waals surface area contributed by atoms with Gasteiger partial charge in [0.1, 0.15) is 0 Å². The summed E-state index contributed by atoms with van der Waals surface area (Å²) in [4.78, 5) is 26.3. The third kappa shape index (κ3) is 3.42. The molecule has 146 valence electrons. The summed E-state index contributed by atoms with van der Waals surface area (Å²) in [5.41, 5.74) is 12.6. The number of hydrogen-bond acceptors (Lipinski definition) is 3. The molecule has 5 heteroatoms. The van der Waals surface area contributed by atoms with Gasteiger partial charge < -0.3 is 5.73 Å². The first kappa shape index (κ1) is 18.7. The molecule has 3 N–H and O–H groups in total. The van der Waals surface area contributed by atoms with Crippen molar-refractivity contribution in [3.8, 4) is 11.1 Å². The smallest absolute Gasteiger partial charge is 0.256 e. The second-order valence-electron chi connectivity index (χ2n) is 8.26. The number of amides is 2. The van der Waals surface area contributed by atoms with Crippen LogP contribution in [0.1, 0.15) is 44.6 Å². The quantitative estimate of drug-likeness (QED) is 0.836. The van der Waals surface area contributed by atoms with Gasteiger partial charge in [-0.05, 0) is 35.4 Å². The van der Waals surface area contributed by atoms with E-state index < -0.39 is 6.04 Å². The van der Waals surface area contributed by atoms with Crippen LogP contribution in [-0.4, -0.2) is 17.9 Å². The van der Waals surface area contributed by atoms with Gasteiger partial charge in [0.2, 0.25) is 0 Å². The van der Waals surface area contributed by atoms with E-state index in [1.54, 1.807) is 0 Å². The summed E-state index contributed by atoms with van der Waals surface area (Å²) >= 11 is 0. The van der Waals surface area contributed by atoms with E-state index in [9.17, 15) is 9.59 Å². The van der Waals surface area contributed by atoms with Crippen LogP contribution in [0.4, 0.5) is 5.69 Å². The van der Waals surface area contributed by atoms with Gasteiger partial charge in [0.25, 0.3) is 11.8 Å². The minimum atomic E-state index is -0.674. The van der Waals surface area contributed by atoms with Crippen molar-refractivity contribution in [2.24, 2.45) is 17.6 Å². The Hall–Kier alpha value is -2.66. The lowest BCUT2D eigenvalue weighted by Crippen LogP contribution is -2.54. The first-order chi connectivity index (χ1) is 13.5. The second kappa shape index (κ2) is 7.40. The van der Waals surface area contributed by atoms with Gasteiger partial charge in [-0.1, -0.05) is 69.2 Å². The molecule has 1 saturated carbocycles. The van der Waals surface area contributed by atoms with E-state index in [0.29, 0.717) is 11.6 Å². The molecule has 2 atom stereocenters. The summed E-state index contributed by atoms with van der Waals surface area (Å²) in [7, 11) is 0. The van der Waals surface area contributed by atoms with Crippen molar-refractivity contribution in [2.75, 3.05) is 5.01 Å². The molecule has 1 fully saturated rings. The minimum absolute atomic E-state index is 0.0169. The molecule has 0 spiro atoms. The molecule has 0 bridgehead atoms. The molecule has 0 radical (unpaired) electrons. The fourth-order valence-electron chi connectivity index (χ4n) is 3.87. The Morgan fingerprint density at radius 3 is 2.43 bits per heavy atom. The standard InChI is InChI=1S/C23H27N3O2/c1-14(2)21(24)22(27)25-26-20-10-6-5-9-18(20)16-7-3-4-8-17(16)19(23(26)28)13-15-11-12-15/h3-10,14-15,19,21H,11-13,24H2,1-2H3,(H,25,27)/t19?,21-/m0/s1. The van der Waals surface area contributed by atoms with Gasteiger partial charge in [-0.25, -0.2) is 5.01 Å². The number of benzene rings is 2. The zero-order chi connectivity index (χ0) is 19.8. The third-order valence-corrected chi connectivity index (χ3v) is 5.80. The van der Waals surface area contributed by atoms with Crippen LogP contribution in [0.2, 0.25) is 0 Å². The summed E-state index contributed by atoms with van der Waals surface area (Å²) in [6.07, 6.45) is 3.15. The SMILES string of the molecule is CC(C)[C@H](N)C(=O)NN1C(=O)C(CC2CC2)c2ccccc2-c2ccccc21. The van der Waals surface area contributed by atoms with Gasteiger partial charge in [0.05, 0.1) is 17.6 Å². The van der Waals surface area contributed by atoms with E-state index in [2.05, 4.69) is 11.5 Å². The van der Waals surface area contributed by atoms with Crippen LogP contribution in [0.25, 0.3) is 11.1 Å². The Bertz CT molecular complexity index is 904. The number of nitrogens with zero attached hydrogens (tertiary/aromatic N) is 1. The van der Waals surface area contributed by atoms with Crippen LogP contribution in [0.5, 0.6) is 0 Å². The number of rotatable bonds is 5. The molecule has 2 aromatic carbocycles. The molecular weight excluding hydrogens is 350 g/mol. The zero-order valence-electron chi connectivity index (χ0n) is 16.4. The van der Waals surface area contributed by atoms with Crippen LogP contribution in [-0.2, 0) is 9.59 Å². The molecule has 2 aliphatic rings. The van der Waals surface area contributed by atoms with E-state index in [0.717, 1.165) is 23.1 Å². The highest BCUT2D eigenvalue weighted by molar-refractivity contribution is 6.06. The predicted octanol–water partition coefficient (Wildman–Crippen LogP) is 3.60. The predicted molar refractivity (Wildman–Crippen MR) is 110 cm³/mol. The lowest BCUT2D eigenvalue weighted by atomic mass is 9.88. The van der Waals surface area contributed by atoms with Gasteiger partial charge >= 0.3 is 0 Å². The Balaban J connectivity index is 1.80. The van der Waals surface area contributed by atoms with Crippen molar-refractivity contribution < 1.29 is 9.59 Å². The molecular formula is C23H27N3O2. The Morgan fingerprint density at radius 1 is 1.11 bits per heavy atom. The van der Waals surface area contributed by atoms with E-state index in [-0.39, 0.29) is 23.7 Å². The average molecular weight is 377 g/mol. The highest BCUT2D eigenvalue weighted by atomic mass is 16.2. The topological polar surface area (TPSA) is 75.4 Å². The van der Waals surface area contributed by atoms with Gasteiger partial charge in [0.15, 0.2) is 0 Å². The summed E-state index contributed by atoms with van der Waals surface area (Å²) in [5, 5.41) is 1.44. The van der Waals surface area contributed by atoms with Gasteiger partial charge in [-0.2, -0.15) is 0 Å². The van der Waals surface area contributed by atoms with Gasteiger partial charge in [-0.15, -0.1) is 0 Å². The molecule has 4 rings (SSSR count). The van der Waals surface area contributed by atoms with Crippen molar-refractivity contribution in [1.29, 1.82) is 0 Å². The molecule has 2 amide bonds. The number of hydrogen-bond donors (Lipinski definition) is 2. The molecule has 5 nitrogen and oxygen atoms in total. The van der Waals surface area contributed by atoms with Crippen molar-refractivity contribution in [3.05, 3.63) is 54.1 Å². The average Bonchev–Trinajstić information content (AvgIpc) is 3.53. The molecule has 1 aliphatic carbocycles. The molecule has 1 heterocycles. The van der Waals surface area contributed by atoms with Crippen LogP contribution in [0, 0.1) is 11.8 Å². The summed E-state index contributed by atoms with van der Waals surface area (Å²) in [6.45, 7) is 3.79. The van der Waals surface area contributed by atoms with E-state index in [1.165, 1.54) is 17.9 Å². The van der Waals surface area contributed by atoms with Crippen LogP contribution in [0.15, 0.2) is 48.5 Å². The third-order valence-electron chi connectivity index (χ3n) is 5.80. The Morgan fingerprint density at radius 2 is 1.75 bits per heavy atom. The highest BCUT2D eigenvalue weighted by Gasteiger charge is 2.38. The fourth-order valence-corrected chi connectivity index (χ4v) is 3.87. The van der Waals surface area contributed by atoms with Crippen molar-refractivity contribution in [3.63, 3.8) is 0 Å². The molecule has 2 aromatic rings. The summed E-state index contributed by atoms with van der Waals surface area (Å²) in [5.74, 6) is -0.134. The number of nitrogens with two attached hydrogens (primary N) is 1. The largest absolute Gasteiger partial charge is 0.320 e. The van der Waals surface area contributed by atoms with Crippen molar-refractivity contribution in [1.82, 2.24) is 5.43 Å². The maximum Gasteiger partial charge on any atom is 0.256 e. The van der Waals surface area contributed by atoms with E-state index >= 15 is 0 Å². The number of hydrazine groups is 1. The number of nitrogens with one attached hydrogen (secondary N) is 1. The Kier molecular flexibility index (Phi) is 4.94. The Labute approximate surface area is 165 Å². The number of carbonyl (C=O) groups is 2. The number of anilines is 1. The van der Waals surface area contributed by atoms with E-state index in [1.807, 2.05) is 56.3 Å². The van der Waals surface area contributed by atoms with Gasteiger partial charge in [0, 0.05) is 5.56 Å². The second-order valence-corrected chi connectivity index (χ2v) is 8.26. The van der Waals surface area contributed by atoms with Crippen LogP contribution in [0.3, 0.4) is 0 Å². The number of fused-ring (bicyclic) bond motifs is 3.